The topological polar surface area (TPSA) is 50.8 Å². The summed E-state index contributed by atoms with van der Waals surface area (Å²) in [6.45, 7) is 2.20. The zero-order chi connectivity index (χ0) is 19.1. The highest BCUT2D eigenvalue weighted by molar-refractivity contribution is 5.67. The van der Waals surface area contributed by atoms with Crippen molar-refractivity contribution < 1.29 is 23.0 Å². The van der Waals surface area contributed by atoms with E-state index in [0.717, 1.165) is 11.6 Å². The van der Waals surface area contributed by atoms with E-state index >= 15 is 0 Å². The number of benzene rings is 2. The maximum Gasteiger partial charge on any atom is 0.410 e. The predicted octanol–water partition coefficient (Wildman–Crippen LogP) is 3.09. The predicted molar refractivity (Wildman–Crippen MR) is 96.0 cm³/mol. The molecule has 1 aliphatic heterocycles. The molecule has 1 saturated heterocycles. The van der Waals surface area contributed by atoms with E-state index in [1.54, 1.807) is 4.90 Å². The molecule has 0 spiro atoms. The largest absolute Gasteiger partial charge is 0.445 e. The monoisotopic (exact) mass is 376 g/mol. The van der Waals surface area contributed by atoms with Crippen LogP contribution in [0.4, 0.5) is 13.6 Å². The molecule has 0 bridgehead atoms. The number of rotatable bonds is 6. The number of carbonyl (C=O) groups excluding carboxylic acids is 1. The van der Waals surface area contributed by atoms with Crippen LogP contribution in [0.3, 0.4) is 0 Å². The molecule has 1 N–H and O–H groups in total. The average molecular weight is 376 g/mol. The van der Waals surface area contributed by atoms with Gasteiger partial charge in [0.25, 0.3) is 0 Å². The van der Waals surface area contributed by atoms with E-state index in [0.29, 0.717) is 31.8 Å². The molecule has 27 heavy (non-hydrogen) atoms. The van der Waals surface area contributed by atoms with Crippen LogP contribution in [0.2, 0.25) is 0 Å². The van der Waals surface area contributed by atoms with Crippen molar-refractivity contribution >= 4 is 6.09 Å². The van der Waals surface area contributed by atoms with Gasteiger partial charge in [0.15, 0.2) is 0 Å². The van der Waals surface area contributed by atoms with Gasteiger partial charge in [-0.3, -0.25) is 0 Å². The van der Waals surface area contributed by atoms with Crippen molar-refractivity contribution in [3.63, 3.8) is 0 Å². The minimum atomic E-state index is -0.600. The number of halogens is 2. The van der Waals surface area contributed by atoms with Gasteiger partial charge in [-0.1, -0.05) is 36.4 Å². The summed E-state index contributed by atoms with van der Waals surface area (Å²) in [6, 6.07) is 13.0. The molecule has 3 rings (SSSR count). The van der Waals surface area contributed by atoms with E-state index < -0.39 is 11.6 Å². The van der Waals surface area contributed by atoms with Crippen LogP contribution in [-0.2, 0) is 22.6 Å². The number of amides is 1. The van der Waals surface area contributed by atoms with E-state index in [-0.39, 0.29) is 25.3 Å². The Balaban J connectivity index is 1.42. The van der Waals surface area contributed by atoms with Crippen molar-refractivity contribution in [2.75, 3.05) is 26.2 Å². The van der Waals surface area contributed by atoms with Gasteiger partial charge in [0.2, 0.25) is 0 Å². The Morgan fingerprint density at radius 3 is 2.81 bits per heavy atom. The van der Waals surface area contributed by atoms with Crippen LogP contribution in [0.1, 0.15) is 11.1 Å². The first-order chi connectivity index (χ1) is 13.1. The number of carbonyl (C=O) groups is 1. The summed E-state index contributed by atoms with van der Waals surface area (Å²) in [5.41, 5.74) is 1.31. The highest BCUT2D eigenvalue weighted by Crippen LogP contribution is 2.11. The van der Waals surface area contributed by atoms with E-state index in [4.69, 9.17) is 9.47 Å². The molecule has 7 heteroatoms. The summed E-state index contributed by atoms with van der Waals surface area (Å²) >= 11 is 0. The fraction of sp³-hybridized carbons (Fsp3) is 0.350. The molecule has 2 aromatic rings. The summed E-state index contributed by atoms with van der Waals surface area (Å²) in [5.74, 6) is -1.19. The van der Waals surface area contributed by atoms with Crippen molar-refractivity contribution in [2.24, 2.45) is 0 Å². The molecule has 1 aliphatic rings. The Hall–Kier alpha value is -2.51. The standard InChI is InChI=1S/C20H22F2N2O3/c21-17-7-6-16(19(22)10-17)11-23-12-18-13-24(8-9-26-18)20(25)27-14-15-4-2-1-3-5-15/h1-7,10,18,23H,8-9,11-14H2. The van der Waals surface area contributed by atoms with Gasteiger partial charge in [0, 0.05) is 31.3 Å². The first-order valence-corrected chi connectivity index (χ1v) is 8.83. The first kappa shape index (κ1) is 19.3. The van der Waals surface area contributed by atoms with E-state index in [2.05, 4.69) is 5.32 Å². The summed E-state index contributed by atoms with van der Waals surface area (Å²) < 4.78 is 37.5. The SMILES string of the molecule is O=C(OCc1ccccc1)N1CCOC(CNCc2ccc(F)cc2F)C1. The summed E-state index contributed by atoms with van der Waals surface area (Å²) in [4.78, 5) is 13.8. The number of nitrogens with one attached hydrogen (secondary N) is 1. The fourth-order valence-corrected chi connectivity index (χ4v) is 2.85. The Morgan fingerprint density at radius 2 is 2.04 bits per heavy atom. The lowest BCUT2D eigenvalue weighted by Crippen LogP contribution is -2.49. The van der Waals surface area contributed by atoms with Gasteiger partial charge in [-0.05, 0) is 11.6 Å². The molecule has 1 amide bonds. The van der Waals surface area contributed by atoms with Crippen molar-refractivity contribution in [3.8, 4) is 0 Å². The van der Waals surface area contributed by atoms with Gasteiger partial charge in [-0.15, -0.1) is 0 Å². The molecule has 1 unspecified atom stereocenters. The van der Waals surface area contributed by atoms with Crippen LogP contribution in [0.25, 0.3) is 0 Å². The van der Waals surface area contributed by atoms with Crippen LogP contribution in [-0.4, -0.2) is 43.3 Å². The van der Waals surface area contributed by atoms with Crippen molar-refractivity contribution in [3.05, 3.63) is 71.3 Å². The zero-order valence-corrected chi connectivity index (χ0v) is 14.9. The minimum absolute atomic E-state index is 0.216. The van der Waals surface area contributed by atoms with Crippen LogP contribution < -0.4 is 5.32 Å². The lowest BCUT2D eigenvalue weighted by Gasteiger charge is -2.32. The van der Waals surface area contributed by atoms with Crippen LogP contribution >= 0.6 is 0 Å². The number of nitrogens with zero attached hydrogens (tertiary/aromatic N) is 1. The van der Waals surface area contributed by atoms with Gasteiger partial charge in [0.1, 0.15) is 18.2 Å². The summed E-state index contributed by atoms with van der Waals surface area (Å²) in [6.07, 6.45) is -0.594. The molecular formula is C20H22F2N2O3. The minimum Gasteiger partial charge on any atom is -0.445 e. The van der Waals surface area contributed by atoms with Crippen molar-refractivity contribution in [2.45, 2.75) is 19.3 Å². The number of ether oxygens (including phenoxy) is 2. The van der Waals surface area contributed by atoms with E-state index in [1.807, 2.05) is 30.3 Å². The molecule has 144 valence electrons. The molecule has 1 heterocycles. The quantitative estimate of drug-likeness (QED) is 0.842. The Labute approximate surface area is 156 Å². The highest BCUT2D eigenvalue weighted by atomic mass is 19.1. The Morgan fingerprint density at radius 1 is 1.22 bits per heavy atom. The second-order valence-electron chi connectivity index (χ2n) is 6.35. The van der Waals surface area contributed by atoms with Crippen LogP contribution in [0.5, 0.6) is 0 Å². The molecule has 0 radical (unpaired) electrons. The van der Waals surface area contributed by atoms with Crippen molar-refractivity contribution in [1.82, 2.24) is 10.2 Å². The molecule has 1 atom stereocenters. The van der Waals surface area contributed by atoms with Crippen LogP contribution in [0, 0.1) is 11.6 Å². The third kappa shape index (κ3) is 5.74. The fourth-order valence-electron chi connectivity index (χ4n) is 2.85. The lowest BCUT2D eigenvalue weighted by molar-refractivity contribution is -0.0271. The Kier molecular flexibility index (Phi) is 6.73. The molecule has 0 aliphatic carbocycles. The smallest absolute Gasteiger partial charge is 0.410 e. The maximum absolute atomic E-state index is 13.6. The Bertz CT molecular complexity index is 758. The number of morpholine rings is 1. The molecule has 0 saturated carbocycles. The van der Waals surface area contributed by atoms with Gasteiger partial charge in [-0.2, -0.15) is 0 Å². The number of hydrogen-bond acceptors (Lipinski definition) is 4. The van der Waals surface area contributed by atoms with E-state index in [9.17, 15) is 13.6 Å². The second-order valence-corrected chi connectivity index (χ2v) is 6.35. The summed E-state index contributed by atoms with van der Waals surface area (Å²) in [5, 5.41) is 3.08. The van der Waals surface area contributed by atoms with E-state index in [1.165, 1.54) is 12.1 Å². The molecule has 5 nitrogen and oxygen atoms in total. The van der Waals surface area contributed by atoms with Gasteiger partial charge in [-0.25, -0.2) is 13.6 Å². The molecule has 1 fully saturated rings. The second kappa shape index (κ2) is 9.43. The zero-order valence-electron chi connectivity index (χ0n) is 14.9. The normalized spacial score (nSPS) is 17.0. The van der Waals surface area contributed by atoms with Crippen LogP contribution in [0.15, 0.2) is 48.5 Å². The summed E-state index contributed by atoms with van der Waals surface area (Å²) in [7, 11) is 0. The third-order valence-corrected chi connectivity index (χ3v) is 4.30. The van der Waals surface area contributed by atoms with Gasteiger partial charge >= 0.3 is 6.09 Å². The third-order valence-electron chi connectivity index (χ3n) is 4.30. The van der Waals surface area contributed by atoms with Gasteiger partial charge in [0.05, 0.1) is 19.3 Å². The lowest BCUT2D eigenvalue weighted by atomic mass is 10.2. The molecule has 0 aromatic heterocycles. The molecular weight excluding hydrogens is 354 g/mol. The average Bonchev–Trinajstić information content (AvgIpc) is 2.69. The number of hydrogen-bond donors (Lipinski definition) is 1. The highest BCUT2D eigenvalue weighted by Gasteiger charge is 2.25. The maximum atomic E-state index is 13.6. The van der Waals surface area contributed by atoms with Crippen molar-refractivity contribution in [1.29, 1.82) is 0 Å². The first-order valence-electron chi connectivity index (χ1n) is 8.83. The molecule has 2 aromatic carbocycles. The van der Waals surface area contributed by atoms with Gasteiger partial charge < -0.3 is 19.7 Å².